The lowest BCUT2D eigenvalue weighted by atomic mass is 10.1. The molecular formula is C20H18N4O2S2. The van der Waals surface area contributed by atoms with Gasteiger partial charge in [-0.1, -0.05) is 46.4 Å². The van der Waals surface area contributed by atoms with E-state index in [0.717, 1.165) is 26.9 Å². The lowest BCUT2D eigenvalue weighted by Gasteiger charge is -2.00. The summed E-state index contributed by atoms with van der Waals surface area (Å²) in [6.45, 7) is 6.08. The van der Waals surface area contributed by atoms with Crippen molar-refractivity contribution in [2.45, 2.75) is 26.0 Å². The number of fused-ring (bicyclic) bond motifs is 1. The Morgan fingerprint density at radius 1 is 1.07 bits per heavy atom. The Morgan fingerprint density at radius 3 is 2.64 bits per heavy atom. The summed E-state index contributed by atoms with van der Waals surface area (Å²) in [5, 5.41) is 11.9. The predicted molar refractivity (Wildman–Crippen MR) is 113 cm³/mol. The Kier molecular flexibility index (Phi) is 5.15. The van der Waals surface area contributed by atoms with Gasteiger partial charge in [-0.25, -0.2) is 4.98 Å². The van der Waals surface area contributed by atoms with Gasteiger partial charge in [-0.2, -0.15) is 0 Å². The lowest BCUT2D eigenvalue weighted by molar-refractivity contribution is -0.113. The summed E-state index contributed by atoms with van der Waals surface area (Å²) in [5.74, 6) is 0.465. The number of amides is 1. The van der Waals surface area contributed by atoms with Gasteiger partial charge in [0.2, 0.25) is 11.8 Å². The first-order valence-electron chi connectivity index (χ1n) is 8.68. The van der Waals surface area contributed by atoms with Crippen molar-refractivity contribution < 1.29 is 9.21 Å². The fraction of sp³-hybridized carbons (Fsp3) is 0.200. The Balaban J connectivity index is 1.38. The number of hydrogen-bond acceptors (Lipinski definition) is 7. The number of carbonyl (C=O) groups is 1. The van der Waals surface area contributed by atoms with Crippen molar-refractivity contribution in [1.29, 1.82) is 0 Å². The summed E-state index contributed by atoms with van der Waals surface area (Å²) in [7, 11) is 0. The Morgan fingerprint density at radius 2 is 1.86 bits per heavy atom. The molecule has 0 bridgehead atoms. The predicted octanol–water partition coefficient (Wildman–Crippen LogP) is 5.00. The van der Waals surface area contributed by atoms with E-state index in [-0.39, 0.29) is 11.7 Å². The molecule has 0 saturated heterocycles. The van der Waals surface area contributed by atoms with Crippen LogP contribution in [-0.2, 0) is 4.79 Å². The van der Waals surface area contributed by atoms with Crippen LogP contribution in [-0.4, -0.2) is 26.8 Å². The van der Waals surface area contributed by atoms with Gasteiger partial charge in [-0.3, -0.25) is 4.79 Å². The number of aromatic nitrogens is 3. The molecule has 0 aliphatic carbocycles. The maximum Gasteiger partial charge on any atom is 0.277 e. The van der Waals surface area contributed by atoms with Crippen LogP contribution < -0.4 is 5.32 Å². The second-order valence-corrected chi connectivity index (χ2v) is 8.53. The Hall–Kier alpha value is -2.71. The van der Waals surface area contributed by atoms with Crippen molar-refractivity contribution in [3.8, 4) is 11.5 Å². The van der Waals surface area contributed by atoms with Crippen molar-refractivity contribution in [2.24, 2.45) is 0 Å². The van der Waals surface area contributed by atoms with E-state index in [2.05, 4.69) is 32.6 Å². The number of thiazole rings is 1. The molecule has 2 heterocycles. The molecule has 2 aromatic carbocycles. The average Bonchev–Trinajstić information content (AvgIpc) is 3.25. The molecule has 28 heavy (non-hydrogen) atoms. The maximum atomic E-state index is 12.2. The summed E-state index contributed by atoms with van der Waals surface area (Å²) in [4.78, 5) is 16.7. The van der Waals surface area contributed by atoms with Gasteiger partial charge < -0.3 is 9.73 Å². The molecule has 0 atom stereocenters. The van der Waals surface area contributed by atoms with Gasteiger partial charge >= 0.3 is 0 Å². The topological polar surface area (TPSA) is 80.9 Å². The third-order valence-corrected chi connectivity index (χ3v) is 5.74. The second-order valence-electron chi connectivity index (χ2n) is 6.58. The fourth-order valence-corrected chi connectivity index (χ4v) is 4.39. The van der Waals surface area contributed by atoms with Crippen LogP contribution in [0.2, 0.25) is 0 Å². The molecule has 0 radical (unpaired) electrons. The quantitative estimate of drug-likeness (QED) is 0.466. The molecule has 2 aromatic heterocycles. The first-order chi connectivity index (χ1) is 13.5. The van der Waals surface area contributed by atoms with Crippen LogP contribution in [0.25, 0.3) is 21.7 Å². The SMILES string of the molecule is Cc1cc(C)cc(-c2nnc(SCC(=O)Nc3nc4ccc(C)cc4s3)o2)c1. The van der Waals surface area contributed by atoms with E-state index in [1.807, 2.05) is 45.0 Å². The number of aryl methyl sites for hydroxylation is 3. The summed E-state index contributed by atoms with van der Waals surface area (Å²) in [6, 6.07) is 12.1. The summed E-state index contributed by atoms with van der Waals surface area (Å²) >= 11 is 2.67. The highest BCUT2D eigenvalue weighted by Crippen LogP contribution is 2.28. The first-order valence-corrected chi connectivity index (χ1v) is 10.5. The van der Waals surface area contributed by atoms with Gasteiger partial charge in [0.05, 0.1) is 16.0 Å². The third kappa shape index (κ3) is 4.23. The molecule has 6 nitrogen and oxygen atoms in total. The minimum Gasteiger partial charge on any atom is -0.411 e. The zero-order chi connectivity index (χ0) is 19.7. The van der Waals surface area contributed by atoms with Crippen molar-refractivity contribution in [3.63, 3.8) is 0 Å². The highest BCUT2D eigenvalue weighted by atomic mass is 32.2. The molecule has 0 aliphatic rings. The summed E-state index contributed by atoms with van der Waals surface area (Å²) in [5.41, 5.74) is 5.20. The molecule has 0 spiro atoms. The van der Waals surface area contributed by atoms with Crippen LogP contribution >= 0.6 is 23.1 Å². The zero-order valence-electron chi connectivity index (χ0n) is 15.6. The van der Waals surface area contributed by atoms with Crippen LogP contribution in [0.1, 0.15) is 16.7 Å². The van der Waals surface area contributed by atoms with E-state index >= 15 is 0 Å². The normalized spacial score (nSPS) is 11.1. The molecule has 4 aromatic rings. The minimum atomic E-state index is -0.160. The molecule has 4 rings (SSSR count). The number of anilines is 1. The molecular weight excluding hydrogens is 392 g/mol. The fourth-order valence-electron chi connectivity index (χ4n) is 2.85. The van der Waals surface area contributed by atoms with Crippen LogP contribution in [0.15, 0.2) is 46.0 Å². The number of rotatable bonds is 5. The van der Waals surface area contributed by atoms with Gasteiger partial charge in [-0.05, 0) is 50.6 Å². The number of nitrogens with one attached hydrogen (secondary N) is 1. The van der Waals surface area contributed by atoms with Crippen molar-refractivity contribution in [1.82, 2.24) is 15.2 Å². The highest BCUT2D eigenvalue weighted by molar-refractivity contribution is 7.99. The van der Waals surface area contributed by atoms with E-state index in [9.17, 15) is 4.79 Å². The van der Waals surface area contributed by atoms with Crippen molar-refractivity contribution >= 4 is 44.4 Å². The smallest absolute Gasteiger partial charge is 0.277 e. The third-order valence-electron chi connectivity index (χ3n) is 3.99. The first kappa shape index (κ1) is 18.6. The van der Waals surface area contributed by atoms with Crippen LogP contribution in [0.4, 0.5) is 5.13 Å². The Labute approximate surface area is 170 Å². The van der Waals surface area contributed by atoms with E-state index in [0.29, 0.717) is 16.2 Å². The number of thioether (sulfide) groups is 1. The van der Waals surface area contributed by atoms with E-state index in [4.69, 9.17) is 4.42 Å². The van der Waals surface area contributed by atoms with E-state index in [1.165, 1.54) is 28.7 Å². The second kappa shape index (κ2) is 7.73. The molecule has 0 fully saturated rings. The van der Waals surface area contributed by atoms with E-state index < -0.39 is 0 Å². The van der Waals surface area contributed by atoms with Crippen molar-refractivity contribution in [3.05, 3.63) is 53.1 Å². The molecule has 0 unspecified atom stereocenters. The van der Waals surface area contributed by atoms with Crippen LogP contribution in [0.3, 0.4) is 0 Å². The zero-order valence-corrected chi connectivity index (χ0v) is 17.3. The molecule has 8 heteroatoms. The van der Waals surface area contributed by atoms with Crippen LogP contribution in [0, 0.1) is 20.8 Å². The molecule has 0 saturated carbocycles. The average molecular weight is 411 g/mol. The van der Waals surface area contributed by atoms with Crippen LogP contribution in [0.5, 0.6) is 0 Å². The van der Waals surface area contributed by atoms with Gasteiger partial charge in [0, 0.05) is 5.56 Å². The van der Waals surface area contributed by atoms with Gasteiger partial charge in [-0.15, -0.1) is 10.2 Å². The molecule has 1 N–H and O–H groups in total. The largest absolute Gasteiger partial charge is 0.411 e. The standard InChI is InChI=1S/C20H18N4O2S2/c1-11-4-5-15-16(9-11)28-19(21-15)22-17(25)10-27-20-24-23-18(26-20)14-7-12(2)6-13(3)8-14/h4-9H,10H2,1-3H3,(H,21,22,25). The van der Waals surface area contributed by atoms with Crippen molar-refractivity contribution in [2.75, 3.05) is 11.1 Å². The molecule has 142 valence electrons. The van der Waals surface area contributed by atoms with E-state index in [1.54, 1.807) is 0 Å². The minimum absolute atomic E-state index is 0.160. The Bertz CT molecular complexity index is 1150. The number of carbonyl (C=O) groups excluding carboxylic acids is 1. The summed E-state index contributed by atoms with van der Waals surface area (Å²) in [6.07, 6.45) is 0. The van der Waals surface area contributed by atoms with Gasteiger partial charge in [0.25, 0.3) is 5.22 Å². The molecule has 1 amide bonds. The number of hydrogen-bond donors (Lipinski definition) is 1. The molecule has 0 aliphatic heterocycles. The highest BCUT2D eigenvalue weighted by Gasteiger charge is 2.13. The lowest BCUT2D eigenvalue weighted by Crippen LogP contribution is -2.13. The van der Waals surface area contributed by atoms with Gasteiger partial charge in [0.15, 0.2) is 5.13 Å². The number of benzene rings is 2. The monoisotopic (exact) mass is 410 g/mol. The summed E-state index contributed by atoms with van der Waals surface area (Å²) < 4.78 is 6.74. The van der Waals surface area contributed by atoms with Gasteiger partial charge in [0.1, 0.15) is 0 Å². The number of nitrogens with zero attached hydrogens (tertiary/aromatic N) is 3. The maximum absolute atomic E-state index is 12.2.